The van der Waals surface area contributed by atoms with E-state index in [1.807, 2.05) is 0 Å². The minimum atomic E-state index is -2.83. The molecule has 0 aliphatic heterocycles. The molecule has 0 spiro atoms. The number of rotatable bonds is 24. The van der Waals surface area contributed by atoms with Crippen molar-refractivity contribution in [3.8, 4) is 0 Å². The van der Waals surface area contributed by atoms with Gasteiger partial charge in [0, 0.05) is 0 Å². The molecule has 0 fully saturated rings. The monoisotopic (exact) mass is 1330 g/mol. The van der Waals surface area contributed by atoms with E-state index in [0.29, 0.717) is 84.6 Å². The van der Waals surface area contributed by atoms with E-state index in [1.54, 1.807) is 17.1 Å². The fourth-order valence-electron chi connectivity index (χ4n) is 3.47. The van der Waals surface area contributed by atoms with Crippen molar-refractivity contribution in [1.29, 1.82) is 0 Å². The van der Waals surface area contributed by atoms with Gasteiger partial charge in [0.2, 0.25) is 14.8 Å². The number of hydrogen-bond acceptors (Lipinski definition) is 0. The summed E-state index contributed by atoms with van der Waals surface area (Å²) in [6, 6.07) is -3.40. The highest BCUT2D eigenvalue weighted by Gasteiger charge is 2.44. The summed E-state index contributed by atoms with van der Waals surface area (Å²) in [5.74, 6) is 0. The lowest BCUT2D eigenvalue weighted by Crippen LogP contribution is -2.36. The molecular formula is C20H38Cl22Si10. The van der Waals surface area contributed by atoms with Gasteiger partial charge in [0.05, 0.1) is 0 Å². The summed E-state index contributed by atoms with van der Waals surface area (Å²) in [4.78, 5) is 0. The quantitative estimate of drug-likeness (QED) is 0.0667. The SMILES string of the molecule is C=C[Si](Cl)(C=C)C=C.Cl[SiH](Cl)CC[Si](Cl)(Cl)Cl.Cl[Si](Cl)(Cl)CC[Si](Cl)(Cl)CC[Si](Cl)(CC[Si](Cl)(Cl)CC[Si](Cl)(Cl)Cl)CC[Si](Cl)(Cl)CC[Si](Cl)(Cl)Cl. The van der Waals surface area contributed by atoms with Crippen LogP contribution in [0.2, 0.25) is 84.6 Å². The van der Waals surface area contributed by atoms with Crippen LogP contribution >= 0.6 is 244 Å². The van der Waals surface area contributed by atoms with Gasteiger partial charge in [-0.2, -0.15) is 44.3 Å². The van der Waals surface area contributed by atoms with Gasteiger partial charge < -0.3 is 0 Å². The first-order valence-electron chi connectivity index (χ1n) is 14.8. The Morgan fingerprint density at radius 1 is 0.327 bits per heavy atom. The Morgan fingerprint density at radius 3 is 0.673 bits per heavy atom. The Kier molecular flexibility index (Phi) is 36.1. The average Bonchev–Trinajstić information content (AvgIpc) is 2.97. The van der Waals surface area contributed by atoms with E-state index in [0.717, 1.165) is 0 Å². The largest absolute Gasteiger partial charge is 0.341 e. The van der Waals surface area contributed by atoms with Gasteiger partial charge in [0.25, 0.3) is 20.1 Å². The van der Waals surface area contributed by atoms with Gasteiger partial charge in [0.15, 0.2) is 7.38 Å². The van der Waals surface area contributed by atoms with Gasteiger partial charge in [0.1, 0.15) is 0 Å². The summed E-state index contributed by atoms with van der Waals surface area (Å²) in [5.41, 5.74) is 5.15. The van der Waals surface area contributed by atoms with Crippen LogP contribution in [0.1, 0.15) is 0 Å². The Bertz CT molecular complexity index is 923. The normalized spacial score (nSPS) is 13.9. The second-order valence-corrected chi connectivity index (χ2v) is 87.8. The Hall–Kier alpha value is 7.77. The summed E-state index contributed by atoms with van der Waals surface area (Å²) in [6.07, 6.45) is 0. The molecule has 0 atom stereocenters. The molecule has 0 bridgehead atoms. The maximum atomic E-state index is 7.27. The number of hydrogen-bond donors (Lipinski definition) is 0. The van der Waals surface area contributed by atoms with Crippen molar-refractivity contribution in [3.05, 3.63) is 36.8 Å². The fourth-order valence-corrected chi connectivity index (χ4v) is 50.5. The summed E-state index contributed by atoms with van der Waals surface area (Å²) < 4.78 is 0. The van der Waals surface area contributed by atoms with Gasteiger partial charge in [-0.1, -0.05) is 17.1 Å². The van der Waals surface area contributed by atoms with E-state index in [9.17, 15) is 0 Å². The van der Waals surface area contributed by atoms with E-state index >= 15 is 0 Å². The maximum Gasteiger partial charge on any atom is 0.341 e. The van der Waals surface area contributed by atoms with Crippen LogP contribution in [0, 0.1) is 0 Å². The summed E-state index contributed by atoms with van der Waals surface area (Å²) in [6.45, 7) is 2.65. The van der Waals surface area contributed by atoms with Crippen LogP contribution in [-0.4, -0.2) is 66.3 Å². The second kappa shape index (κ2) is 29.3. The fraction of sp³-hybridized carbons (Fsp3) is 0.700. The van der Waals surface area contributed by atoms with Crippen LogP contribution < -0.4 is 0 Å². The first-order chi connectivity index (χ1) is 22.8. The average molecular weight is 1340 g/mol. The van der Waals surface area contributed by atoms with Crippen LogP contribution in [0.4, 0.5) is 0 Å². The van der Waals surface area contributed by atoms with Crippen LogP contribution in [-0.2, 0) is 0 Å². The van der Waals surface area contributed by atoms with Crippen molar-refractivity contribution < 1.29 is 0 Å². The summed E-state index contributed by atoms with van der Waals surface area (Å²) in [7, 11) is -5.95. The van der Waals surface area contributed by atoms with Crippen molar-refractivity contribution in [2.24, 2.45) is 0 Å². The van der Waals surface area contributed by atoms with Crippen molar-refractivity contribution in [1.82, 2.24) is 0 Å². The zero-order valence-corrected chi connectivity index (χ0v) is 53.9. The van der Waals surface area contributed by atoms with E-state index in [4.69, 9.17) is 244 Å². The molecule has 0 amide bonds. The molecule has 0 unspecified atom stereocenters. The Labute approximate surface area is 424 Å². The molecule has 0 nitrogen and oxygen atoms in total. The third kappa shape index (κ3) is 44.4. The predicted molar refractivity (Wildman–Crippen MR) is 286 cm³/mol. The lowest BCUT2D eigenvalue weighted by atomic mass is 10.9. The highest BCUT2D eigenvalue weighted by Crippen LogP contribution is 2.45. The summed E-state index contributed by atoms with van der Waals surface area (Å²) in [5, 5.41) is 0. The molecule has 0 N–H and O–H groups in total. The van der Waals surface area contributed by atoms with Crippen LogP contribution in [0.3, 0.4) is 0 Å². The first kappa shape index (κ1) is 64.1. The van der Waals surface area contributed by atoms with Gasteiger partial charge in [-0.15, -0.1) is 219 Å². The minimum Gasteiger partial charge on any atom is -0.167 e. The zero-order valence-electron chi connectivity index (χ0n) is 27.1. The summed E-state index contributed by atoms with van der Waals surface area (Å²) >= 11 is 135. The van der Waals surface area contributed by atoms with Crippen LogP contribution in [0.15, 0.2) is 36.8 Å². The van der Waals surface area contributed by atoms with Crippen LogP contribution in [0.5, 0.6) is 0 Å². The minimum absolute atomic E-state index is 0.397. The zero-order chi connectivity index (χ0) is 42.1. The molecule has 0 saturated carbocycles. The van der Waals surface area contributed by atoms with Gasteiger partial charge in [-0.25, -0.2) is 0 Å². The van der Waals surface area contributed by atoms with Gasteiger partial charge >= 0.3 is 24.0 Å². The third-order valence-corrected chi connectivity index (χ3v) is 43.5. The number of halogens is 22. The lowest BCUT2D eigenvalue weighted by Gasteiger charge is -2.31. The van der Waals surface area contributed by atoms with E-state index in [-0.39, 0.29) is 0 Å². The van der Waals surface area contributed by atoms with Gasteiger partial charge in [-0.05, 0) is 84.6 Å². The van der Waals surface area contributed by atoms with Crippen molar-refractivity contribution >= 4 is 310 Å². The molecule has 52 heavy (non-hydrogen) atoms. The highest BCUT2D eigenvalue weighted by atomic mass is 35.9. The molecule has 0 aromatic heterocycles. The molecule has 0 rings (SSSR count). The lowest BCUT2D eigenvalue weighted by molar-refractivity contribution is 1.16. The molecule has 0 aliphatic rings. The highest BCUT2D eigenvalue weighted by molar-refractivity contribution is 7.66. The molecular weight excluding hydrogens is 1300 g/mol. The maximum absolute atomic E-state index is 7.27. The molecule has 0 heterocycles. The second-order valence-electron chi connectivity index (χ2n) is 11.5. The van der Waals surface area contributed by atoms with E-state index in [1.165, 1.54) is 0 Å². The molecule has 0 saturated heterocycles. The molecule has 0 radical (unpaired) electrons. The predicted octanol–water partition coefficient (Wildman–Crippen LogP) is 19.6. The smallest absolute Gasteiger partial charge is 0.167 e. The van der Waals surface area contributed by atoms with Crippen LogP contribution in [0.25, 0.3) is 0 Å². The standard InChI is InChI=1S/C12H24Cl16Si7.C6H9ClSi.C2H5Cl5Si2/c13-29(1-4-30(14,15)7-10-33(20,21)22,2-5-31(16,17)8-11-34(23,24)25)3-6-32(18,19)9-12-35(26,27)28;1-4-8(7,5-2)6-3;3-8(4)1-2-9(5,6)7/h1-12H2;4-6H,1-3H2;8H,1-2H2. The third-order valence-electron chi connectivity index (χ3n) is 6.72. The molecule has 0 aromatic rings. The molecule has 0 aliphatic carbocycles. The van der Waals surface area contributed by atoms with E-state index < -0.39 is 66.3 Å². The van der Waals surface area contributed by atoms with E-state index in [2.05, 4.69) is 19.7 Å². The molecule has 312 valence electrons. The van der Waals surface area contributed by atoms with Crippen molar-refractivity contribution in [2.45, 2.75) is 84.6 Å². The van der Waals surface area contributed by atoms with Crippen molar-refractivity contribution in [3.63, 3.8) is 0 Å². The Morgan fingerprint density at radius 2 is 0.538 bits per heavy atom. The van der Waals surface area contributed by atoms with Gasteiger partial charge in [-0.3, -0.25) is 0 Å². The first-order valence-corrected chi connectivity index (χ1v) is 60.3. The Balaban J connectivity index is -0.00000115. The molecule has 0 aromatic carbocycles. The molecule has 32 heteroatoms. The van der Waals surface area contributed by atoms with Crippen molar-refractivity contribution in [2.75, 3.05) is 0 Å². The topological polar surface area (TPSA) is 0 Å².